The minimum Gasteiger partial charge on any atom is -0.370 e. The molecular formula is C10H16N4O. The zero-order valence-corrected chi connectivity index (χ0v) is 8.78. The van der Waals surface area contributed by atoms with Crippen LogP contribution >= 0.6 is 0 Å². The standard InChI is InChI=1S/C10H16N4O/c1-2-6-15-8(3-1)10-13-12-9-7-11-4-5-14(9)10/h8,11H,1-7H2. The van der Waals surface area contributed by atoms with Crippen molar-refractivity contribution in [2.45, 2.75) is 38.5 Å². The second-order valence-corrected chi connectivity index (χ2v) is 4.16. The van der Waals surface area contributed by atoms with Crippen molar-refractivity contribution in [1.82, 2.24) is 20.1 Å². The maximum absolute atomic E-state index is 5.74. The number of nitrogens with one attached hydrogen (secondary N) is 1. The average molecular weight is 208 g/mol. The highest BCUT2D eigenvalue weighted by atomic mass is 16.5. The van der Waals surface area contributed by atoms with E-state index in [0.29, 0.717) is 0 Å². The van der Waals surface area contributed by atoms with E-state index in [1.165, 1.54) is 12.8 Å². The van der Waals surface area contributed by atoms with E-state index in [2.05, 4.69) is 20.1 Å². The molecule has 0 saturated carbocycles. The van der Waals surface area contributed by atoms with Gasteiger partial charge in [0.15, 0.2) is 5.82 Å². The molecule has 1 aromatic heterocycles. The molecule has 1 N–H and O–H groups in total. The molecule has 1 atom stereocenters. The Morgan fingerprint density at radius 2 is 2.33 bits per heavy atom. The topological polar surface area (TPSA) is 52.0 Å². The summed E-state index contributed by atoms with van der Waals surface area (Å²) in [4.78, 5) is 0. The number of fused-ring (bicyclic) bond motifs is 1. The fourth-order valence-corrected chi connectivity index (χ4v) is 2.30. The van der Waals surface area contributed by atoms with Crippen LogP contribution in [0.4, 0.5) is 0 Å². The van der Waals surface area contributed by atoms with Crippen molar-refractivity contribution in [3.05, 3.63) is 11.6 Å². The molecule has 0 radical (unpaired) electrons. The summed E-state index contributed by atoms with van der Waals surface area (Å²) in [6, 6.07) is 0. The van der Waals surface area contributed by atoms with E-state index in [4.69, 9.17) is 4.74 Å². The third-order valence-corrected chi connectivity index (χ3v) is 3.12. The minimum absolute atomic E-state index is 0.179. The van der Waals surface area contributed by atoms with Crippen LogP contribution in [0.1, 0.15) is 37.0 Å². The second-order valence-electron chi connectivity index (χ2n) is 4.16. The van der Waals surface area contributed by atoms with Gasteiger partial charge in [-0.2, -0.15) is 0 Å². The lowest BCUT2D eigenvalue weighted by Gasteiger charge is -2.24. The summed E-state index contributed by atoms with van der Waals surface area (Å²) in [5.74, 6) is 2.08. The van der Waals surface area contributed by atoms with Crippen molar-refractivity contribution >= 4 is 0 Å². The first-order chi connectivity index (χ1) is 7.45. The molecule has 0 aromatic carbocycles. The van der Waals surface area contributed by atoms with Crippen molar-refractivity contribution in [2.75, 3.05) is 13.2 Å². The summed E-state index contributed by atoms with van der Waals surface area (Å²) in [6.45, 7) is 3.67. The summed E-state index contributed by atoms with van der Waals surface area (Å²) in [5.41, 5.74) is 0. The van der Waals surface area contributed by atoms with Gasteiger partial charge in [0.1, 0.15) is 11.9 Å². The first-order valence-electron chi connectivity index (χ1n) is 5.69. The van der Waals surface area contributed by atoms with E-state index < -0.39 is 0 Å². The fourth-order valence-electron chi connectivity index (χ4n) is 2.30. The Morgan fingerprint density at radius 1 is 1.33 bits per heavy atom. The Morgan fingerprint density at radius 3 is 3.20 bits per heavy atom. The number of hydrogen-bond acceptors (Lipinski definition) is 4. The smallest absolute Gasteiger partial charge is 0.162 e. The van der Waals surface area contributed by atoms with Gasteiger partial charge < -0.3 is 14.6 Å². The van der Waals surface area contributed by atoms with Gasteiger partial charge in [0.2, 0.25) is 0 Å². The number of aromatic nitrogens is 3. The Balaban J connectivity index is 1.87. The molecule has 2 aliphatic heterocycles. The van der Waals surface area contributed by atoms with Gasteiger partial charge in [-0.25, -0.2) is 0 Å². The molecule has 15 heavy (non-hydrogen) atoms. The fraction of sp³-hybridized carbons (Fsp3) is 0.800. The molecule has 1 fully saturated rings. The van der Waals surface area contributed by atoms with Crippen LogP contribution in [0.2, 0.25) is 0 Å². The Bertz CT molecular complexity index is 343. The molecule has 0 amide bonds. The number of hydrogen-bond donors (Lipinski definition) is 1. The molecule has 1 saturated heterocycles. The monoisotopic (exact) mass is 208 g/mol. The van der Waals surface area contributed by atoms with Gasteiger partial charge >= 0.3 is 0 Å². The van der Waals surface area contributed by atoms with Crippen LogP contribution in [0.5, 0.6) is 0 Å². The van der Waals surface area contributed by atoms with Gasteiger partial charge in [0.05, 0.1) is 6.54 Å². The van der Waals surface area contributed by atoms with Crippen molar-refractivity contribution in [1.29, 1.82) is 0 Å². The van der Waals surface area contributed by atoms with Gasteiger partial charge in [-0.3, -0.25) is 0 Å². The lowest BCUT2D eigenvalue weighted by Crippen LogP contribution is -2.30. The van der Waals surface area contributed by atoms with E-state index in [1.54, 1.807) is 0 Å². The maximum Gasteiger partial charge on any atom is 0.162 e. The molecular weight excluding hydrogens is 192 g/mol. The van der Waals surface area contributed by atoms with Gasteiger partial charge in [0.25, 0.3) is 0 Å². The summed E-state index contributed by atoms with van der Waals surface area (Å²) in [7, 11) is 0. The van der Waals surface area contributed by atoms with Crippen LogP contribution in [0.25, 0.3) is 0 Å². The highest BCUT2D eigenvalue weighted by Gasteiger charge is 2.24. The van der Waals surface area contributed by atoms with Gasteiger partial charge in [0, 0.05) is 19.7 Å². The average Bonchev–Trinajstić information content (AvgIpc) is 2.74. The first-order valence-corrected chi connectivity index (χ1v) is 5.69. The van der Waals surface area contributed by atoms with E-state index in [0.717, 1.165) is 44.3 Å². The molecule has 5 nitrogen and oxygen atoms in total. The molecule has 3 heterocycles. The van der Waals surface area contributed by atoms with Crippen molar-refractivity contribution < 1.29 is 4.74 Å². The molecule has 3 rings (SSSR count). The molecule has 2 aliphatic rings. The SMILES string of the molecule is C1CCC(c2nnc3n2CCNC3)OC1. The summed E-state index contributed by atoms with van der Waals surface area (Å²) < 4.78 is 7.96. The minimum atomic E-state index is 0.179. The Labute approximate surface area is 88.8 Å². The van der Waals surface area contributed by atoms with E-state index in [-0.39, 0.29) is 6.10 Å². The first kappa shape index (κ1) is 9.30. The van der Waals surface area contributed by atoms with E-state index in [9.17, 15) is 0 Å². The highest BCUT2D eigenvalue weighted by molar-refractivity contribution is 5.02. The normalized spacial score (nSPS) is 26.3. The molecule has 0 aliphatic carbocycles. The molecule has 5 heteroatoms. The van der Waals surface area contributed by atoms with Crippen LogP contribution in [0, 0.1) is 0 Å². The maximum atomic E-state index is 5.74. The zero-order chi connectivity index (χ0) is 10.1. The van der Waals surface area contributed by atoms with Gasteiger partial charge in [-0.1, -0.05) is 0 Å². The van der Waals surface area contributed by atoms with Crippen LogP contribution < -0.4 is 5.32 Å². The Kier molecular flexibility index (Phi) is 2.42. The van der Waals surface area contributed by atoms with Crippen LogP contribution in [0.15, 0.2) is 0 Å². The van der Waals surface area contributed by atoms with Crippen molar-refractivity contribution in [2.24, 2.45) is 0 Å². The summed E-state index contributed by atoms with van der Waals surface area (Å²) in [5, 5.41) is 11.8. The number of nitrogens with zero attached hydrogens (tertiary/aromatic N) is 3. The Hall–Kier alpha value is -0.940. The van der Waals surface area contributed by atoms with Crippen molar-refractivity contribution in [3.63, 3.8) is 0 Å². The molecule has 0 spiro atoms. The quantitative estimate of drug-likeness (QED) is 0.735. The third kappa shape index (κ3) is 1.66. The van der Waals surface area contributed by atoms with Crippen LogP contribution in [-0.4, -0.2) is 27.9 Å². The number of rotatable bonds is 1. The van der Waals surface area contributed by atoms with E-state index >= 15 is 0 Å². The van der Waals surface area contributed by atoms with Crippen LogP contribution in [-0.2, 0) is 17.8 Å². The van der Waals surface area contributed by atoms with E-state index in [1.807, 2.05) is 0 Å². The predicted octanol–water partition coefficient (Wildman–Crippen LogP) is 0.623. The zero-order valence-electron chi connectivity index (χ0n) is 8.78. The third-order valence-electron chi connectivity index (χ3n) is 3.12. The predicted molar refractivity (Wildman–Crippen MR) is 54.3 cm³/mol. The summed E-state index contributed by atoms with van der Waals surface area (Å²) in [6.07, 6.45) is 3.69. The molecule has 0 bridgehead atoms. The molecule has 1 aromatic rings. The number of ether oxygens (including phenoxy) is 1. The largest absolute Gasteiger partial charge is 0.370 e. The molecule has 82 valence electrons. The lowest BCUT2D eigenvalue weighted by molar-refractivity contribution is 0.00684. The van der Waals surface area contributed by atoms with Gasteiger partial charge in [-0.15, -0.1) is 10.2 Å². The van der Waals surface area contributed by atoms with Crippen LogP contribution in [0.3, 0.4) is 0 Å². The van der Waals surface area contributed by atoms with Crippen molar-refractivity contribution in [3.8, 4) is 0 Å². The summed E-state index contributed by atoms with van der Waals surface area (Å²) >= 11 is 0. The second kappa shape index (κ2) is 3.90. The van der Waals surface area contributed by atoms with Gasteiger partial charge in [-0.05, 0) is 19.3 Å². The lowest BCUT2D eigenvalue weighted by atomic mass is 10.1. The molecule has 1 unspecified atom stereocenters. The highest BCUT2D eigenvalue weighted by Crippen LogP contribution is 2.27.